The molecule has 0 spiro atoms. The molecule has 1 fully saturated rings. The Morgan fingerprint density at radius 2 is 1.38 bits per heavy atom. The molecule has 1 rings (SSSR count). The van der Waals surface area contributed by atoms with Gasteiger partial charge in [-0.05, 0) is 19.3 Å². The Morgan fingerprint density at radius 3 is 1.95 bits per heavy atom. The minimum absolute atomic E-state index is 0.0591. The zero-order valence-corrected chi connectivity index (χ0v) is 14.9. The topological polar surface area (TPSA) is 26.3 Å². The lowest BCUT2D eigenvalue weighted by molar-refractivity contribution is -0.140. The predicted octanol–water partition coefficient (Wildman–Crippen LogP) is 5.73. The largest absolute Gasteiger partial charge is 0.469 e. The van der Waals surface area contributed by atoms with Gasteiger partial charge in [0.2, 0.25) is 0 Å². The van der Waals surface area contributed by atoms with E-state index in [1.165, 1.54) is 77.7 Å². The van der Waals surface area contributed by atoms with Gasteiger partial charge in [0, 0.05) is 16.9 Å². The minimum Gasteiger partial charge on any atom is -0.469 e. The minimum atomic E-state index is -0.0591. The number of ether oxygens (including phenoxy) is 1. The van der Waals surface area contributed by atoms with Crippen molar-refractivity contribution in [2.24, 2.45) is 0 Å². The highest BCUT2D eigenvalue weighted by Crippen LogP contribution is 2.47. The molecular weight excluding hydrogens is 280 g/mol. The Labute approximate surface area is 135 Å². The molecule has 0 saturated carbocycles. The number of thioether (sulfide) groups is 1. The molecule has 21 heavy (non-hydrogen) atoms. The van der Waals surface area contributed by atoms with Gasteiger partial charge < -0.3 is 4.74 Å². The summed E-state index contributed by atoms with van der Waals surface area (Å²) in [6, 6.07) is 0. The molecule has 2 atom stereocenters. The SMILES string of the molecule is CCCCCCCCCCCC1SC1CCCC(=O)OC. The number of rotatable bonds is 14. The molecule has 0 amide bonds. The molecule has 1 saturated heterocycles. The third-order valence-corrected chi connectivity index (χ3v) is 5.89. The molecule has 124 valence electrons. The monoisotopic (exact) mass is 314 g/mol. The summed E-state index contributed by atoms with van der Waals surface area (Å²) in [5.41, 5.74) is 0. The number of unbranched alkanes of at least 4 members (excludes halogenated alkanes) is 8. The van der Waals surface area contributed by atoms with Crippen LogP contribution in [-0.4, -0.2) is 23.6 Å². The molecule has 0 aromatic heterocycles. The summed E-state index contributed by atoms with van der Waals surface area (Å²) in [6.07, 6.45) is 16.9. The Bertz CT molecular complexity index is 268. The first-order valence-corrected chi connectivity index (χ1v) is 9.94. The number of methoxy groups -OCH3 is 1. The summed E-state index contributed by atoms with van der Waals surface area (Å²) in [5.74, 6) is -0.0591. The van der Waals surface area contributed by atoms with E-state index in [1.807, 2.05) is 0 Å². The van der Waals surface area contributed by atoms with Crippen LogP contribution in [0.4, 0.5) is 0 Å². The van der Waals surface area contributed by atoms with E-state index in [2.05, 4.69) is 23.4 Å². The lowest BCUT2D eigenvalue weighted by atomic mass is 10.0. The van der Waals surface area contributed by atoms with E-state index in [1.54, 1.807) is 0 Å². The van der Waals surface area contributed by atoms with E-state index in [4.69, 9.17) is 0 Å². The van der Waals surface area contributed by atoms with Crippen molar-refractivity contribution in [1.29, 1.82) is 0 Å². The quantitative estimate of drug-likeness (QED) is 0.232. The van der Waals surface area contributed by atoms with Crippen LogP contribution in [-0.2, 0) is 9.53 Å². The fraction of sp³-hybridized carbons (Fsp3) is 0.944. The predicted molar refractivity (Wildman–Crippen MR) is 92.9 cm³/mol. The van der Waals surface area contributed by atoms with Crippen LogP contribution in [0.25, 0.3) is 0 Å². The van der Waals surface area contributed by atoms with Gasteiger partial charge in [-0.3, -0.25) is 4.79 Å². The molecule has 1 aliphatic rings. The van der Waals surface area contributed by atoms with Crippen molar-refractivity contribution in [2.45, 2.75) is 101 Å². The number of hydrogen-bond acceptors (Lipinski definition) is 3. The molecule has 0 aromatic rings. The van der Waals surface area contributed by atoms with Crippen LogP contribution in [0.2, 0.25) is 0 Å². The van der Waals surface area contributed by atoms with Crippen molar-refractivity contribution in [1.82, 2.24) is 0 Å². The van der Waals surface area contributed by atoms with Gasteiger partial charge in [-0.15, -0.1) is 0 Å². The van der Waals surface area contributed by atoms with Gasteiger partial charge in [0.25, 0.3) is 0 Å². The summed E-state index contributed by atoms with van der Waals surface area (Å²) in [6.45, 7) is 2.28. The van der Waals surface area contributed by atoms with Crippen LogP contribution < -0.4 is 0 Å². The Morgan fingerprint density at radius 1 is 0.857 bits per heavy atom. The first kappa shape index (κ1) is 18.9. The van der Waals surface area contributed by atoms with E-state index < -0.39 is 0 Å². The second-order valence-corrected chi connectivity index (χ2v) is 7.78. The molecule has 3 heteroatoms. The zero-order valence-electron chi connectivity index (χ0n) is 14.1. The lowest BCUT2D eigenvalue weighted by Crippen LogP contribution is -2.01. The molecule has 0 bridgehead atoms. The van der Waals surface area contributed by atoms with Gasteiger partial charge in [0.1, 0.15) is 0 Å². The second-order valence-electron chi connectivity index (χ2n) is 6.30. The van der Waals surface area contributed by atoms with Crippen molar-refractivity contribution in [3.05, 3.63) is 0 Å². The first-order valence-electron chi connectivity index (χ1n) is 9.00. The van der Waals surface area contributed by atoms with Gasteiger partial charge in [0.05, 0.1) is 7.11 Å². The van der Waals surface area contributed by atoms with E-state index in [9.17, 15) is 4.79 Å². The molecule has 2 nitrogen and oxygen atoms in total. The lowest BCUT2D eigenvalue weighted by Gasteiger charge is -2.02. The summed E-state index contributed by atoms with van der Waals surface area (Å²) in [7, 11) is 1.47. The normalized spacial score (nSPS) is 20.5. The zero-order chi connectivity index (χ0) is 15.3. The van der Waals surface area contributed by atoms with Crippen molar-refractivity contribution in [2.75, 3.05) is 7.11 Å². The van der Waals surface area contributed by atoms with Gasteiger partial charge in [-0.25, -0.2) is 0 Å². The maximum Gasteiger partial charge on any atom is 0.305 e. The van der Waals surface area contributed by atoms with Crippen LogP contribution >= 0.6 is 11.8 Å². The first-order chi connectivity index (χ1) is 10.3. The maximum absolute atomic E-state index is 11.0. The molecule has 1 heterocycles. The number of carbonyl (C=O) groups excluding carboxylic acids is 1. The van der Waals surface area contributed by atoms with Gasteiger partial charge in [0.15, 0.2) is 0 Å². The molecule has 0 aromatic carbocycles. The fourth-order valence-corrected chi connectivity index (χ4v) is 4.13. The van der Waals surface area contributed by atoms with E-state index in [-0.39, 0.29) is 5.97 Å². The number of hydrogen-bond donors (Lipinski definition) is 0. The molecular formula is C18H34O2S. The van der Waals surface area contributed by atoms with E-state index in [0.717, 1.165) is 16.9 Å². The van der Waals surface area contributed by atoms with Crippen LogP contribution in [0, 0.1) is 0 Å². The standard InChI is InChI=1S/C18H34O2S/c1-3-4-5-6-7-8-9-10-11-13-16-17(21-16)14-12-15-18(19)20-2/h16-17H,3-15H2,1-2H3. The Kier molecular flexibility index (Phi) is 11.1. The average Bonchev–Trinajstić information content (AvgIpc) is 3.23. The molecule has 1 aliphatic heterocycles. The van der Waals surface area contributed by atoms with Crippen molar-refractivity contribution in [3.8, 4) is 0 Å². The summed E-state index contributed by atoms with van der Waals surface area (Å²) in [4.78, 5) is 11.0. The van der Waals surface area contributed by atoms with E-state index >= 15 is 0 Å². The van der Waals surface area contributed by atoms with Gasteiger partial charge >= 0.3 is 5.97 Å². The van der Waals surface area contributed by atoms with Gasteiger partial charge in [-0.2, -0.15) is 11.8 Å². The van der Waals surface area contributed by atoms with Crippen LogP contribution in [0.15, 0.2) is 0 Å². The van der Waals surface area contributed by atoms with Crippen molar-refractivity contribution >= 4 is 17.7 Å². The summed E-state index contributed by atoms with van der Waals surface area (Å²) >= 11 is 2.12. The van der Waals surface area contributed by atoms with E-state index in [0.29, 0.717) is 6.42 Å². The highest BCUT2D eigenvalue weighted by atomic mass is 32.2. The van der Waals surface area contributed by atoms with Gasteiger partial charge in [-0.1, -0.05) is 64.7 Å². The number of esters is 1. The molecule has 2 unspecified atom stereocenters. The van der Waals surface area contributed by atoms with Crippen molar-refractivity contribution < 1.29 is 9.53 Å². The summed E-state index contributed by atoms with van der Waals surface area (Å²) < 4.78 is 4.67. The average molecular weight is 315 g/mol. The molecule has 0 radical (unpaired) electrons. The summed E-state index contributed by atoms with van der Waals surface area (Å²) in [5, 5.41) is 1.73. The maximum atomic E-state index is 11.0. The number of carbonyl (C=O) groups is 1. The second kappa shape index (κ2) is 12.4. The van der Waals surface area contributed by atoms with Crippen LogP contribution in [0.3, 0.4) is 0 Å². The molecule has 0 aliphatic carbocycles. The Hall–Kier alpha value is -0.180. The van der Waals surface area contributed by atoms with Crippen LogP contribution in [0.1, 0.15) is 90.4 Å². The Balaban J connectivity index is 1.78. The smallest absolute Gasteiger partial charge is 0.305 e. The molecule has 0 N–H and O–H groups in total. The van der Waals surface area contributed by atoms with Crippen molar-refractivity contribution in [3.63, 3.8) is 0 Å². The third kappa shape index (κ3) is 10.2. The fourth-order valence-electron chi connectivity index (χ4n) is 2.89. The van der Waals surface area contributed by atoms with Crippen LogP contribution in [0.5, 0.6) is 0 Å². The third-order valence-electron chi connectivity index (χ3n) is 4.38. The highest BCUT2D eigenvalue weighted by molar-refractivity contribution is 8.07. The highest BCUT2D eigenvalue weighted by Gasteiger charge is 2.36.